The molecule has 90 heavy (non-hydrogen) atoms. The number of carboxylic acid groups (broad SMARTS) is 6. The quantitative estimate of drug-likeness (QED) is 0.110. The van der Waals surface area contributed by atoms with Gasteiger partial charge >= 0.3 is 75.5 Å². The Bertz CT molecular complexity index is 3650. The van der Waals surface area contributed by atoms with Crippen LogP contribution in [0, 0.1) is 75.5 Å². The Morgan fingerprint density at radius 1 is 0.222 bits per heavy atom. The maximum Gasteiger partial charge on any atom is 3.00 e. The number of hydrogen-bond acceptors (Lipinski definition) is 16. The largest absolute Gasteiger partial charge is 3.00 e. The van der Waals surface area contributed by atoms with Gasteiger partial charge in [-0.05, 0) is 130 Å². The monoisotopic (exact) mass is 1620 g/mol. The van der Waals surface area contributed by atoms with Crippen molar-refractivity contribution in [1.29, 1.82) is 0 Å². The van der Waals surface area contributed by atoms with Crippen molar-refractivity contribution in [3.8, 4) is 0 Å². The van der Waals surface area contributed by atoms with Crippen LogP contribution in [0.2, 0.25) is 30.1 Å². The first-order chi connectivity index (χ1) is 42.1. The van der Waals surface area contributed by atoms with Crippen LogP contribution in [-0.4, -0.2) is 55.8 Å². The van der Waals surface area contributed by atoms with E-state index in [1.165, 1.54) is 146 Å². The number of carbonyl (C=O) groups is 6. The third-order valence-corrected chi connectivity index (χ3v) is 12.7. The molecular weight excluding hydrogens is 1580 g/mol. The Labute approximate surface area is 603 Å². The second kappa shape index (κ2) is 40.3. The van der Waals surface area contributed by atoms with E-state index in [1.807, 2.05) is 24.3 Å². The van der Waals surface area contributed by atoms with Crippen molar-refractivity contribution in [1.82, 2.24) is 19.9 Å². The van der Waals surface area contributed by atoms with Crippen LogP contribution in [0.1, 0.15) is 62.1 Å². The van der Waals surface area contributed by atoms with Crippen LogP contribution < -0.4 is 30.6 Å². The van der Waals surface area contributed by atoms with Crippen molar-refractivity contribution in [3.05, 3.63) is 307 Å². The van der Waals surface area contributed by atoms with Gasteiger partial charge in [0, 0.05) is 76.5 Å². The molecule has 0 spiro atoms. The van der Waals surface area contributed by atoms with Crippen molar-refractivity contribution < 1.29 is 135 Å². The third kappa shape index (κ3) is 26.5. The van der Waals surface area contributed by atoms with E-state index in [2.05, 4.69) is 68.5 Å². The van der Waals surface area contributed by atoms with E-state index in [0.717, 1.165) is 43.6 Å². The molecule has 0 atom stereocenters. The smallest absolute Gasteiger partial charge is 0.545 e. The molecule has 460 valence electrons. The number of nitrogens with zero attached hydrogens (tertiary/aromatic N) is 4. The van der Waals surface area contributed by atoms with Gasteiger partial charge in [0.15, 0.2) is 0 Å². The van der Waals surface area contributed by atoms with E-state index < -0.39 is 35.8 Å². The summed E-state index contributed by atoms with van der Waals surface area (Å²) in [7, 11) is 0. The molecule has 0 aliphatic heterocycles. The zero-order valence-electron chi connectivity index (χ0n) is 45.7. The van der Waals surface area contributed by atoms with Gasteiger partial charge in [0.1, 0.15) is 0 Å². The normalized spacial score (nSPS) is 9.58. The average Bonchev–Trinajstić information content (AvgIpc) is 1.07. The number of benzene rings is 8. The molecule has 0 amide bonds. The van der Waals surface area contributed by atoms with Gasteiger partial charge in [-0.3, -0.25) is 19.9 Å². The number of carboxylic acids is 6. The van der Waals surface area contributed by atoms with E-state index in [9.17, 15) is 59.4 Å². The summed E-state index contributed by atoms with van der Waals surface area (Å²) in [4.78, 5) is 78.3. The number of rotatable bonds is 6. The van der Waals surface area contributed by atoms with Crippen molar-refractivity contribution in [2.45, 2.75) is 0 Å². The number of aromatic carboxylic acids is 6. The molecule has 0 N–H and O–H groups in total. The SMILES string of the molecule is O=C([O-])c1ccc(Cl)cc1.O=C([O-])c1ccc(Cl)cc1.O=C([O-])c1ccc(Cl)cc1.O=C([O-])c1ccc(Cl)cc1.O=C([O-])c1ccc(Cl)cc1.O=C([O-])c1ccc(Cl)cc1.[Ho+3].[Ho+3].c1cnc2c(c1)ccc1cccnc12.c1cnc2c(c1)ccc1cccnc12. The van der Waals surface area contributed by atoms with Crippen LogP contribution in [0.3, 0.4) is 0 Å². The van der Waals surface area contributed by atoms with Crippen LogP contribution in [0.15, 0.2) is 243 Å². The first-order valence-corrected chi connectivity index (χ1v) is 27.3. The molecule has 12 rings (SSSR count). The molecule has 0 unspecified atom stereocenters. The van der Waals surface area contributed by atoms with Gasteiger partial charge in [0.2, 0.25) is 0 Å². The molecule has 4 heterocycles. The van der Waals surface area contributed by atoms with E-state index in [0.29, 0.717) is 30.1 Å². The van der Waals surface area contributed by atoms with Crippen molar-refractivity contribution >= 4 is 149 Å². The zero-order chi connectivity index (χ0) is 64.1. The molecule has 8 aromatic carbocycles. The van der Waals surface area contributed by atoms with E-state index in [-0.39, 0.29) is 109 Å². The summed E-state index contributed by atoms with van der Waals surface area (Å²) in [6.07, 6.45) is 7.21. The summed E-state index contributed by atoms with van der Waals surface area (Å²) in [5.41, 5.74) is 4.77. The summed E-state index contributed by atoms with van der Waals surface area (Å²) in [6.45, 7) is 0. The number of carbonyl (C=O) groups excluding carboxylic acids is 6. The second-order valence-electron chi connectivity index (χ2n) is 17.2. The Morgan fingerprint density at radius 3 is 0.478 bits per heavy atom. The molecule has 16 nitrogen and oxygen atoms in total. The number of halogens is 6. The molecule has 0 radical (unpaired) electrons. The van der Waals surface area contributed by atoms with Crippen LogP contribution in [0.4, 0.5) is 0 Å². The van der Waals surface area contributed by atoms with Gasteiger partial charge in [0.25, 0.3) is 0 Å². The zero-order valence-corrected chi connectivity index (χ0v) is 54.1. The van der Waals surface area contributed by atoms with E-state index in [1.54, 1.807) is 24.8 Å². The summed E-state index contributed by atoms with van der Waals surface area (Å²) in [5, 5.41) is 68.6. The second-order valence-corrected chi connectivity index (χ2v) is 19.8. The summed E-state index contributed by atoms with van der Waals surface area (Å²) in [6, 6.07) is 59.2. The van der Waals surface area contributed by atoms with Gasteiger partial charge in [-0.15, -0.1) is 0 Å². The Kier molecular flexibility index (Phi) is 34.3. The standard InChI is InChI=1S/2C12H8N2.6C7H5ClO2.2Ho/c2*1-3-9-5-6-10-4-2-8-14-12(10)11(9)13-7-1;6*8-6-3-1-5(2-4-6)7(9)10;;/h2*1-8H;6*1-4H,(H,9,10);;/q;;;;;;;;2*+3/p-6. The maximum atomic E-state index is 10.2. The molecule has 0 aliphatic carbocycles. The predicted molar refractivity (Wildman–Crippen MR) is 329 cm³/mol. The Balaban J connectivity index is 0.000000269. The minimum Gasteiger partial charge on any atom is -0.545 e. The van der Waals surface area contributed by atoms with Gasteiger partial charge in [-0.2, -0.15) is 0 Å². The predicted octanol–water partition coefficient (Wildman–Crippen LogP) is 9.79. The summed E-state index contributed by atoms with van der Waals surface area (Å²) in [5.74, 6) is -7.10. The van der Waals surface area contributed by atoms with Gasteiger partial charge < -0.3 is 59.4 Å². The van der Waals surface area contributed by atoms with E-state index >= 15 is 0 Å². The summed E-state index contributed by atoms with van der Waals surface area (Å²) < 4.78 is 0. The number of fused-ring (bicyclic) bond motifs is 6. The molecule has 0 bridgehead atoms. The molecular formula is C66H40Cl6Ho2N4O12. The average molecular weight is 1620 g/mol. The maximum absolute atomic E-state index is 10.2. The molecule has 0 fully saturated rings. The van der Waals surface area contributed by atoms with E-state index in [4.69, 9.17) is 69.6 Å². The van der Waals surface area contributed by atoms with Gasteiger partial charge in [-0.1, -0.05) is 191 Å². The van der Waals surface area contributed by atoms with Gasteiger partial charge in [0.05, 0.1) is 57.9 Å². The molecule has 0 saturated heterocycles. The van der Waals surface area contributed by atoms with Crippen LogP contribution >= 0.6 is 69.6 Å². The fourth-order valence-electron chi connectivity index (χ4n) is 6.88. The number of pyridine rings is 4. The fourth-order valence-corrected chi connectivity index (χ4v) is 7.63. The Morgan fingerprint density at radius 2 is 0.356 bits per heavy atom. The van der Waals surface area contributed by atoms with Crippen molar-refractivity contribution in [2.75, 3.05) is 0 Å². The molecule has 0 aliphatic rings. The van der Waals surface area contributed by atoms with Crippen LogP contribution in [-0.2, 0) is 0 Å². The first-order valence-electron chi connectivity index (χ1n) is 25.1. The first kappa shape index (κ1) is 76.7. The van der Waals surface area contributed by atoms with Crippen LogP contribution in [0.25, 0.3) is 43.6 Å². The third-order valence-electron chi connectivity index (χ3n) is 11.2. The minimum atomic E-state index is -1.18. The van der Waals surface area contributed by atoms with Gasteiger partial charge in [-0.25, -0.2) is 0 Å². The fraction of sp³-hybridized carbons (Fsp3) is 0. The van der Waals surface area contributed by atoms with Crippen molar-refractivity contribution in [3.63, 3.8) is 0 Å². The minimum absolute atomic E-state index is 0. The summed E-state index contributed by atoms with van der Waals surface area (Å²) >= 11 is 33.0. The number of hydrogen-bond donors (Lipinski definition) is 0. The van der Waals surface area contributed by atoms with Crippen molar-refractivity contribution in [2.24, 2.45) is 0 Å². The molecule has 24 heteroatoms. The number of aromatic nitrogens is 4. The molecule has 0 saturated carbocycles. The van der Waals surface area contributed by atoms with Crippen LogP contribution in [0.5, 0.6) is 0 Å². The Hall–Kier alpha value is -7.52. The molecule has 4 aromatic heterocycles. The molecule has 12 aromatic rings. The topological polar surface area (TPSA) is 292 Å².